The second kappa shape index (κ2) is 6.05. The van der Waals surface area contributed by atoms with Crippen LogP contribution < -0.4 is 5.32 Å². The number of rotatable bonds is 5. The zero-order valence-electron chi connectivity index (χ0n) is 11.0. The van der Waals surface area contributed by atoms with Crippen LogP contribution in [0, 0.1) is 0 Å². The molecule has 17 heavy (non-hydrogen) atoms. The molecule has 0 aliphatic carbocycles. The number of anilines is 1. The van der Waals surface area contributed by atoms with Crippen molar-refractivity contribution in [1.82, 2.24) is 9.97 Å². The molecule has 0 spiro atoms. The fourth-order valence-electron chi connectivity index (χ4n) is 1.16. The van der Waals surface area contributed by atoms with Crippen LogP contribution in [0.4, 0.5) is 5.82 Å². The molecule has 1 N–H and O–H groups in total. The largest absolute Gasteiger partial charge is 0.369 e. The van der Waals surface area contributed by atoms with Gasteiger partial charge in [0.1, 0.15) is 16.2 Å². The smallest absolute Gasteiger partial charge is 0.134 e. The number of hydrogen-bond donors (Lipinski definition) is 1. The summed E-state index contributed by atoms with van der Waals surface area (Å²) in [5.74, 6) is 2.09. The van der Waals surface area contributed by atoms with Gasteiger partial charge in [0.2, 0.25) is 0 Å². The highest BCUT2D eigenvalue weighted by Crippen LogP contribution is 2.22. The van der Waals surface area contributed by atoms with Crippen molar-refractivity contribution >= 4 is 33.5 Å². The first-order chi connectivity index (χ1) is 7.84. The first kappa shape index (κ1) is 14.8. The summed E-state index contributed by atoms with van der Waals surface area (Å²) >= 11 is 5.27. The number of nitrogens with one attached hydrogen (secondary N) is 1. The highest BCUT2D eigenvalue weighted by molar-refractivity contribution is 9.10. The highest BCUT2D eigenvalue weighted by Gasteiger charge is 2.16. The lowest BCUT2D eigenvalue weighted by Crippen LogP contribution is -2.26. The Balaban J connectivity index is 2.78. The molecule has 0 radical (unpaired) electrons. The van der Waals surface area contributed by atoms with Crippen molar-refractivity contribution in [2.75, 3.05) is 18.1 Å². The van der Waals surface area contributed by atoms with Crippen LogP contribution in [0.25, 0.3) is 0 Å². The number of nitrogens with zero attached hydrogens (tertiary/aromatic N) is 2. The highest BCUT2D eigenvalue weighted by atomic mass is 79.9. The second-order valence-corrected chi connectivity index (χ2v) is 7.23. The maximum atomic E-state index is 4.51. The Morgan fingerprint density at radius 3 is 2.59 bits per heavy atom. The van der Waals surface area contributed by atoms with E-state index in [1.807, 2.05) is 17.8 Å². The van der Waals surface area contributed by atoms with E-state index in [4.69, 9.17) is 0 Å². The van der Waals surface area contributed by atoms with Crippen molar-refractivity contribution in [3.05, 3.63) is 16.5 Å². The molecule has 0 unspecified atom stereocenters. The molecule has 1 rings (SSSR count). The summed E-state index contributed by atoms with van der Waals surface area (Å²) < 4.78 is 1.04. The summed E-state index contributed by atoms with van der Waals surface area (Å²) in [7, 11) is 0. The van der Waals surface area contributed by atoms with E-state index in [1.165, 1.54) is 0 Å². The molecule has 96 valence electrons. The number of halogens is 1. The summed E-state index contributed by atoms with van der Waals surface area (Å²) in [6.07, 6.45) is 2.12. The lowest BCUT2D eigenvalue weighted by molar-refractivity contribution is 0.739. The Kier molecular flexibility index (Phi) is 5.25. The minimum absolute atomic E-state index is 0.204. The molecule has 0 aliphatic heterocycles. The Morgan fingerprint density at radius 1 is 1.41 bits per heavy atom. The predicted molar refractivity (Wildman–Crippen MR) is 79.9 cm³/mol. The second-order valence-electron chi connectivity index (χ2n) is 4.91. The lowest BCUT2D eigenvalue weighted by Gasteiger charge is -2.22. The van der Waals surface area contributed by atoms with Gasteiger partial charge in [0.25, 0.3) is 0 Å². The standard InChI is InChI=1S/C12H20BrN3S/c1-8(2)11-15-9(13)6-10(16-11)14-7-12(3,4)17-5/h6,8H,7H2,1-5H3,(H,14,15,16). The molecule has 3 nitrogen and oxygen atoms in total. The summed E-state index contributed by atoms with van der Waals surface area (Å²) in [6, 6.07) is 1.92. The van der Waals surface area contributed by atoms with Crippen LogP contribution in [0.1, 0.15) is 39.4 Å². The Morgan fingerprint density at radius 2 is 2.06 bits per heavy atom. The van der Waals surface area contributed by atoms with Crippen molar-refractivity contribution in [1.29, 1.82) is 0 Å². The van der Waals surface area contributed by atoms with Crippen molar-refractivity contribution in [2.45, 2.75) is 38.4 Å². The van der Waals surface area contributed by atoms with Gasteiger partial charge in [0.05, 0.1) is 0 Å². The van der Waals surface area contributed by atoms with E-state index in [0.717, 1.165) is 22.8 Å². The van der Waals surface area contributed by atoms with E-state index in [0.29, 0.717) is 5.92 Å². The van der Waals surface area contributed by atoms with Gasteiger partial charge >= 0.3 is 0 Å². The molecule has 0 atom stereocenters. The van der Waals surface area contributed by atoms with Gasteiger partial charge in [-0.2, -0.15) is 11.8 Å². The van der Waals surface area contributed by atoms with Crippen molar-refractivity contribution in [2.24, 2.45) is 0 Å². The van der Waals surface area contributed by atoms with Gasteiger partial charge in [-0.3, -0.25) is 0 Å². The summed E-state index contributed by atoms with van der Waals surface area (Å²) in [5.41, 5.74) is 0. The first-order valence-electron chi connectivity index (χ1n) is 5.67. The van der Waals surface area contributed by atoms with Gasteiger partial charge in [0, 0.05) is 23.3 Å². The lowest BCUT2D eigenvalue weighted by atomic mass is 10.2. The zero-order chi connectivity index (χ0) is 13.1. The normalized spacial score (nSPS) is 11.9. The molecule has 0 saturated heterocycles. The SMILES string of the molecule is CSC(C)(C)CNc1cc(Br)nc(C(C)C)n1. The van der Waals surface area contributed by atoms with E-state index >= 15 is 0 Å². The quantitative estimate of drug-likeness (QED) is 0.835. The fraction of sp³-hybridized carbons (Fsp3) is 0.667. The first-order valence-corrected chi connectivity index (χ1v) is 7.69. The molecule has 0 amide bonds. The summed E-state index contributed by atoms with van der Waals surface area (Å²) in [6.45, 7) is 9.50. The molecule has 1 heterocycles. The van der Waals surface area contributed by atoms with Gasteiger partial charge in [-0.15, -0.1) is 0 Å². The van der Waals surface area contributed by atoms with E-state index in [9.17, 15) is 0 Å². The van der Waals surface area contributed by atoms with Crippen LogP contribution in [0.3, 0.4) is 0 Å². The van der Waals surface area contributed by atoms with E-state index < -0.39 is 0 Å². The third-order valence-electron chi connectivity index (χ3n) is 2.48. The third kappa shape index (κ3) is 4.84. The van der Waals surface area contributed by atoms with Crippen LogP contribution in [-0.2, 0) is 0 Å². The number of hydrogen-bond acceptors (Lipinski definition) is 4. The average Bonchev–Trinajstić information content (AvgIpc) is 2.26. The Labute approximate surface area is 116 Å². The van der Waals surface area contributed by atoms with Crippen LogP contribution >= 0.6 is 27.7 Å². The number of aromatic nitrogens is 2. The molecule has 0 aromatic carbocycles. The molecule has 0 fully saturated rings. The predicted octanol–water partition coefficient (Wildman–Crippen LogP) is 3.92. The molecular weight excluding hydrogens is 298 g/mol. The monoisotopic (exact) mass is 317 g/mol. The van der Waals surface area contributed by atoms with Crippen molar-refractivity contribution in [3.63, 3.8) is 0 Å². The van der Waals surface area contributed by atoms with Gasteiger partial charge in [-0.25, -0.2) is 9.97 Å². The summed E-state index contributed by atoms with van der Waals surface area (Å²) in [5, 5.41) is 3.37. The Bertz CT molecular complexity index is 380. The molecule has 0 bridgehead atoms. The molecule has 1 aromatic rings. The average molecular weight is 318 g/mol. The van der Waals surface area contributed by atoms with Crippen molar-refractivity contribution in [3.8, 4) is 0 Å². The molecule has 0 aliphatic rings. The molecule has 1 aromatic heterocycles. The maximum absolute atomic E-state index is 4.51. The van der Waals surface area contributed by atoms with Gasteiger partial charge < -0.3 is 5.32 Å². The van der Waals surface area contributed by atoms with E-state index in [1.54, 1.807) is 0 Å². The van der Waals surface area contributed by atoms with Crippen LogP contribution in [0.2, 0.25) is 0 Å². The van der Waals surface area contributed by atoms with Gasteiger partial charge in [-0.05, 0) is 36.0 Å². The third-order valence-corrected chi connectivity index (χ3v) is 4.13. The topological polar surface area (TPSA) is 37.8 Å². The summed E-state index contributed by atoms with van der Waals surface area (Å²) in [4.78, 5) is 8.87. The van der Waals surface area contributed by atoms with Crippen LogP contribution in [-0.4, -0.2) is 27.5 Å². The Hall–Kier alpha value is -0.290. The minimum Gasteiger partial charge on any atom is -0.369 e. The van der Waals surface area contributed by atoms with Crippen molar-refractivity contribution < 1.29 is 0 Å². The fourth-order valence-corrected chi connectivity index (χ4v) is 1.77. The minimum atomic E-state index is 0.204. The number of thioether (sulfide) groups is 1. The zero-order valence-corrected chi connectivity index (χ0v) is 13.4. The molecule has 0 saturated carbocycles. The molecule has 5 heteroatoms. The van der Waals surface area contributed by atoms with E-state index in [2.05, 4.69) is 65.2 Å². The van der Waals surface area contributed by atoms with Crippen LogP contribution in [0.5, 0.6) is 0 Å². The van der Waals surface area contributed by atoms with Crippen LogP contribution in [0.15, 0.2) is 10.7 Å². The molecular formula is C12H20BrN3S. The van der Waals surface area contributed by atoms with E-state index in [-0.39, 0.29) is 4.75 Å². The van der Waals surface area contributed by atoms with Gasteiger partial charge in [-0.1, -0.05) is 13.8 Å². The van der Waals surface area contributed by atoms with Gasteiger partial charge in [0.15, 0.2) is 0 Å². The maximum Gasteiger partial charge on any atom is 0.134 e.